The molecule has 0 unspecified atom stereocenters. The van der Waals surface area contributed by atoms with Crippen LogP contribution in [0.15, 0.2) is 35.2 Å². The van der Waals surface area contributed by atoms with Crippen LogP contribution in [0.1, 0.15) is 40.2 Å². The number of Topliss-reactive ketones (excluding diaryl/α,β-unsaturated/α-hetero) is 1. The molecular formula is C29H37ClN6O6. The van der Waals surface area contributed by atoms with E-state index < -0.39 is 6.10 Å². The van der Waals surface area contributed by atoms with Gasteiger partial charge in [0.05, 0.1) is 43.2 Å². The Balaban J connectivity index is 1.14. The number of nitrogens with one attached hydrogen (secondary N) is 1. The van der Waals surface area contributed by atoms with Crippen LogP contribution in [-0.2, 0) is 29.0 Å². The molecule has 226 valence electrons. The highest BCUT2D eigenvalue weighted by Crippen LogP contribution is 2.34. The van der Waals surface area contributed by atoms with Crippen molar-refractivity contribution in [3.05, 3.63) is 58.4 Å². The molecule has 0 saturated carbocycles. The van der Waals surface area contributed by atoms with E-state index >= 15 is 0 Å². The van der Waals surface area contributed by atoms with Gasteiger partial charge >= 0.3 is 0 Å². The van der Waals surface area contributed by atoms with Crippen molar-refractivity contribution in [3.63, 3.8) is 0 Å². The molecule has 0 amide bonds. The Labute approximate surface area is 249 Å². The SMILES string of the molecule is COCCN(C)c1nc(NC2COC2)cc(C(=O)CC[C@H](O)CN2CCc3c(ccc(OCc4cnco4)c3Cl)C2)n1. The van der Waals surface area contributed by atoms with E-state index in [1.807, 2.05) is 24.1 Å². The Bertz CT molecular complexity index is 1340. The smallest absolute Gasteiger partial charge is 0.227 e. The van der Waals surface area contributed by atoms with Gasteiger partial charge < -0.3 is 34.0 Å². The standard InChI is InChI=1S/C29H37ClN6O6/c1-35(9-10-39-2)29-33-24(11-27(34-29)32-20-15-40-16-20)25(38)5-4-21(37)14-36-8-7-23-19(13-36)3-6-26(28(23)30)41-17-22-12-31-18-42-22/h3,6,11-12,18,20-21,37H,4-5,7-10,13-17H2,1-2H3,(H,32,33,34)/t21-/m0/s1. The Kier molecular flexibility index (Phi) is 10.2. The molecule has 1 fully saturated rings. The van der Waals surface area contributed by atoms with E-state index in [4.69, 9.17) is 30.2 Å². The largest absolute Gasteiger partial charge is 0.484 e. The number of carbonyl (C=O) groups is 1. The number of ketones is 1. The first-order valence-electron chi connectivity index (χ1n) is 14.1. The van der Waals surface area contributed by atoms with Crippen molar-refractivity contribution in [1.82, 2.24) is 19.9 Å². The highest BCUT2D eigenvalue weighted by Gasteiger charge is 2.24. The van der Waals surface area contributed by atoms with Gasteiger partial charge in [-0.25, -0.2) is 9.97 Å². The maximum absolute atomic E-state index is 13.2. The van der Waals surface area contributed by atoms with Gasteiger partial charge in [-0.2, -0.15) is 4.98 Å². The predicted molar refractivity (Wildman–Crippen MR) is 156 cm³/mol. The fourth-order valence-corrected chi connectivity index (χ4v) is 5.20. The number of methoxy groups -OCH3 is 1. The third kappa shape index (κ3) is 7.75. The molecular weight excluding hydrogens is 564 g/mol. The summed E-state index contributed by atoms with van der Waals surface area (Å²) >= 11 is 6.66. The highest BCUT2D eigenvalue weighted by atomic mass is 35.5. The molecule has 0 spiro atoms. The first kappa shape index (κ1) is 30.2. The number of likely N-dealkylation sites (N-methyl/N-ethyl adjacent to an activating group) is 1. The van der Waals surface area contributed by atoms with Gasteiger partial charge in [0.1, 0.15) is 23.9 Å². The van der Waals surface area contributed by atoms with Crippen LogP contribution < -0.4 is 15.0 Å². The molecule has 2 aromatic heterocycles. The number of carbonyl (C=O) groups excluding carboxylic acids is 1. The van der Waals surface area contributed by atoms with Gasteiger partial charge in [0, 0.05) is 52.8 Å². The summed E-state index contributed by atoms with van der Waals surface area (Å²) in [5.41, 5.74) is 2.48. The third-order valence-electron chi connectivity index (χ3n) is 7.37. The number of nitrogens with zero attached hydrogens (tertiary/aromatic N) is 5. The van der Waals surface area contributed by atoms with Gasteiger partial charge in [0.25, 0.3) is 0 Å². The molecule has 1 aromatic carbocycles. The highest BCUT2D eigenvalue weighted by molar-refractivity contribution is 6.33. The second kappa shape index (κ2) is 14.3. The average molecular weight is 601 g/mol. The van der Waals surface area contributed by atoms with Crippen LogP contribution in [0.3, 0.4) is 0 Å². The lowest BCUT2D eigenvalue weighted by Crippen LogP contribution is -2.40. The lowest BCUT2D eigenvalue weighted by molar-refractivity contribution is 0.0209. The minimum Gasteiger partial charge on any atom is -0.484 e. The zero-order valence-corrected chi connectivity index (χ0v) is 24.7. The van der Waals surface area contributed by atoms with Crippen LogP contribution in [0.4, 0.5) is 11.8 Å². The maximum atomic E-state index is 13.2. The number of oxazole rings is 1. The number of hydrogen-bond acceptors (Lipinski definition) is 12. The number of β-amino-alcohol motifs (C(OH)–C–C–N with tert-alkyl or cyclic N) is 1. The number of rotatable bonds is 15. The number of halogens is 1. The fourth-order valence-electron chi connectivity index (χ4n) is 4.87. The van der Waals surface area contributed by atoms with Gasteiger partial charge in [-0.05, 0) is 30.0 Å². The maximum Gasteiger partial charge on any atom is 0.227 e. The molecule has 0 aliphatic carbocycles. The van der Waals surface area contributed by atoms with Gasteiger partial charge in [-0.3, -0.25) is 9.69 Å². The molecule has 2 N–H and O–H groups in total. The Morgan fingerprint density at radius 2 is 2.19 bits per heavy atom. The van der Waals surface area contributed by atoms with E-state index in [1.165, 1.54) is 6.39 Å². The van der Waals surface area contributed by atoms with Crippen molar-refractivity contribution in [2.75, 3.05) is 63.8 Å². The molecule has 0 bridgehead atoms. The van der Waals surface area contributed by atoms with E-state index in [1.54, 1.807) is 19.4 Å². The van der Waals surface area contributed by atoms with Gasteiger partial charge in [-0.15, -0.1) is 0 Å². The summed E-state index contributed by atoms with van der Waals surface area (Å²) in [6.07, 6.45) is 3.55. The van der Waals surface area contributed by atoms with Crippen LogP contribution in [0.2, 0.25) is 5.02 Å². The van der Waals surface area contributed by atoms with Crippen LogP contribution >= 0.6 is 11.6 Å². The molecule has 5 rings (SSSR count). The van der Waals surface area contributed by atoms with Crippen molar-refractivity contribution in [1.29, 1.82) is 0 Å². The van der Waals surface area contributed by atoms with Crippen LogP contribution in [0, 0.1) is 0 Å². The monoisotopic (exact) mass is 600 g/mol. The minimum atomic E-state index is -0.661. The Hall–Kier alpha value is -3.29. The molecule has 2 aliphatic heterocycles. The Morgan fingerprint density at radius 3 is 2.93 bits per heavy atom. The molecule has 1 saturated heterocycles. The normalized spacial score (nSPS) is 16.0. The zero-order valence-electron chi connectivity index (χ0n) is 23.9. The van der Waals surface area contributed by atoms with Crippen molar-refractivity contribution >= 4 is 29.2 Å². The van der Waals surface area contributed by atoms with E-state index in [0.717, 1.165) is 24.1 Å². The predicted octanol–water partition coefficient (Wildman–Crippen LogP) is 2.97. The number of hydrogen-bond donors (Lipinski definition) is 2. The summed E-state index contributed by atoms with van der Waals surface area (Å²) in [6.45, 7) is 4.40. The second-order valence-corrected chi connectivity index (χ2v) is 11.0. The molecule has 2 aliphatic rings. The molecule has 12 nitrogen and oxygen atoms in total. The minimum absolute atomic E-state index is 0.139. The van der Waals surface area contributed by atoms with Crippen LogP contribution in [-0.4, -0.2) is 96.5 Å². The topological polar surface area (TPSA) is 135 Å². The van der Waals surface area contributed by atoms with Crippen LogP contribution in [0.5, 0.6) is 5.75 Å². The molecule has 4 heterocycles. The van der Waals surface area contributed by atoms with Gasteiger partial charge in [0.15, 0.2) is 17.9 Å². The quantitative estimate of drug-likeness (QED) is 0.248. The van der Waals surface area contributed by atoms with Crippen molar-refractivity contribution in [2.24, 2.45) is 0 Å². The summed E-state index contributed by atoms with van der Waals surface area (Å²) in [7, 11) is 3.49. The van der Waals surface area contributed by atoms with Crippen molar-refractivity contribution in [2.45, 2.75) is 44.6 Å². The fraction of sp³-hybridized carbons (Fsp3) is 0.517. The lowest BCUT2D eigenvalue weighted by atomic mass is 9.98. The van der Waals surface area contributed by atoms with Crippen molar-refractivity contribution < 1.29 is 28.5 Å². The molecule has 1 atom stereocenters. The average Bonchev–Trinajstić information content (AvgIpc) is 3.50. The Morgan fingerprint density at radius 1 is 1.33 bits per heavy atom. The van der Waals surface area contributed by atoms with E-state index in [9.17, 15) is 9.90 Å². The summed E-state index contributed by atoms with van der Waals surface area (Å²) in [4.78, 5) is 30.2. The first-order chi connectivity index (χ1) is 20.4. The summed E-state index contributed by atoms with van der Waals surface area (Å²) in [5.74, 6) is 2.12. The number of anilines is 2. The molecule has 13 heteroatoms. The first-order valence-corrected chi connectivity index (χ1v) is 14.4. The van der Waals surface area contributed by atoms with Crippen molar-refractivity contribution in [3.8, 4) is 5.75 Å². The molecule has 42 heavy (non-hydrogen) atoms. The second-order valence-electron chi connectivity index (χ2n) is 10.6. The van der Waals surface area contributed by atoms with Gasteiger partial charge in [-0.1, -0.05) is 17.7 Å². The number of aromatic nitrogens is 3. The molecule has 0 radical (unpaired) electrons. The van der Waals surface area contributed by atoms with E-state index in [-0.39, 0.29) is 24.9 Å². The number of benzene rings is 1. The third-order valence-corrected chi connectivity index (χ3v) is 7.78. The number of fused-ring (bicyclic) bond motifs is 1. The van der Waals surface area contributed by atoms with Gasteiger partial charge in [0.2, 0.25) is 5.95 Å². The van der Waals surface area contributed by atoms with E-state index in [2.05, 4.69) is 25.2 Å². The zero-order chi connectivity index (χ0) is 29.5. The number of ether oxygens (including phenoxy) is 3. The summed E-state index contributed by atoms with van der Waals surface area (Å²) < 4.78 is 21.5. The summed E-state index contributed by atoms with van der Waals surface area (Å²) in [5, 5.41) is 14.7. The van der Waals surface area contributed by atoms with Crippen LogP contribution in [0.25, 0.3) is 0 Å². The molecule has 3 aromatic rings. The number of aliphatic hydroxyl groups excluding tert-OH is 1. The summed E-state index contributed by atoms with van der Waals surface area (Å²) in [6, 6.07) is 5.70. The number of aliphatic hydroxyl groups is 1. The van der Waals surface area contributed by atoms with E-state index in [0.29, 0.717) is 79.9 Å². The lowest BCUT2D eigenvalue weighted by Gasteiger charge is -2.31.